The second-order valence-electron chi connectivity index (χ2n) is 5.20. The lowest BCUT2D eigenvalue weighted by atomic mass is 10.1. The van der Waals surface area contributed by atoms with Crippen LogP contribution in [0.5, 0.6) is 0 Å². The molecule has 118 valence electrons. The van der Waals surface area contributed by atoms with E-state index in [1.807, 2.05) is 30.3 Å². The number of anilines is 1. The van der Waals surface area contributed by atoms with Crippen LogP contribution < -0.4 is 5.32 Å². The second-order valence-corrected chi connectivity index (χ2v) is 6.12. The molecule has 1 N–H and O–H groups in total. The molecule has 6 heteroatoms. The summed E-state index contributed by atoms with van der Waals surface area (Å²) in [5.41, 5.74) is 2.61. The molecule has 2 aromatic carbocycles. The minimum absolute atomic E-state index is 0.268. The van der Waals surface area contributed by atoms with Crippen LogP contribution in [-0.4, -0.2) is 15.7 Å². The zero-order chi connectivity index (χ0) is 16.9. The number of nitriles is 1. The van der Waals surface area contributed by atoms with Crippen molar-refractivity contribution in [2.45, 2.75) is 6.54 Å². The highest BCUT2D eigenvalue weighted by molar-refractivity contribution is 9.10. The number of halogens is 1. The molecule has 0 saturated heterocycles. The minimum Gasteiger partial charge on any atom is -0.319 e. The summed E-state index contributed by atoms with van der Waals surface area (Å²) >= 11 is 3.40. The third kappa shape index (κ3) is 3.89. The average molecular weight is 381 g/mol. The molecule has 0 fully saturated rings. The van der Waals surface area contributed by atoms with Gasteiger partial charge >= 0.3 is 0 Å². The molecule has 0 aliphatic rings. The van der Waals surface area contributed by atoms with Crippen LogP contribution in [0.25, 0.3) is 0 Å². The number of hydrogen-bond donors (Lipinski definition) is 1. The lowest BCUT2D eigenvalue weighted by Crippen LogP contribution is -2.11. The molecular formula is C18H13BrN4O. The van der Waals surface area contributed by atoms with Crippen LogP contribution in [0.15, 0.2) is 65.4 Å². The van der Waals surface area contributed by atoms with Gasteiger partial charge in [0.1, 0.15) is 0 Å². The topological polar surface area (TPSA) is 70.7 Å². The predicted molar refractivity (Wildman–Crippen MR) is 94.6 cm³/mol. The van der Waals surface area contributed by atoms with Crippen molar-refractivity contribution in [1.82, 2.24) is 9.78 Å². The molecule has 3 aromatic rings. The van der Waals surface area contributed by atoms with Crippen molar-refractivity contribution in [2.24, 2.45) is 0 Å². The fourth-order valence-electron chi connectivity index (χ4n) is 2.22. The van der Waals surface area contributed by atoms with Crippen molar-refractivity contribution in [2.75, 3.05) is 5.32 Å². The zero-order valence-electron chi connectivity index (χ0n) is 12.6. The van der Waals surface area contributed by atoms with E-state index in [9.17, 15) is 4.79 Å². The maximum absolute atomic E-state index is 12.2. The number of hydrogen-bond acceptors (Lipinski definition) is 3. The summed E-state index contributed by atoms with van der Waals surface area (Å²) in [6.45, 7) is 0.618. The molecule has 0 unspecified atom stereocenters. The first-order valence-electron chi connectivity index (χ1n) is 7.22. The fourth-order valence-corrected chi connectivity index (χ4v) is 2.49. The van der Waals surface area contributed by atoms with Crippen LogP contribution in [0.1, 0.15) is 21.5 Å². The monoisotopic (exact) mass is 380 g/mol. The Balaban J connectivity index is 1.68. The maximum Gasteiger partial charge on any atom is 0.255 e. The first kappa shape index (κ1) is 16.0. The molecule has 1 aromatic heterocycles. The molecule has 1 amide bonds. The van der Waals surface area contributed by atoms with E-state index in [-0.39, 0.29) is 5.91 Å². The van der Waals surface area contributed by atoms with Crippen molar-refractivity contribution >= 4 is 27.5 Å². The standard InChI is InChI=1S/C18H13BrN4O/c19-16-6-4-13(5-7-16)11-23-12-17(10-21-23)22-18(24)15-3-1-2-14(8-15)9-20/h1-8,10,12H,11H2,(H,22,24). The van der Waals surface area contributed by atoms with Crippen molar-refractivity contribution in [3.8, 4) is 6.07 Å². The van der Waals surface area contributed by atoms with Crippen LogP contribution in [0, 0.1) is 11.3 Å². The molecule has 24 heavy (non-hydrogen) atoms. The third-order valence-corrected chi connectivity index (χ3v) is 3.93. The van der Waals surface area contributed by atoms with E-state index in [1.54, 1.807) is 41.3 Å². The second kappa shape index (κ2) is 7.11. The summed E-state index contributed by atoms with van der Waals surface area (Å²) in [6.07, 6.45) is 3.37. The van der Waals surface area contributed by atoms with Gasteiger partial charge in [-0.1, -0.05) is 34.1 Å². The first-order chi connectivity index (χ1) is 11.6. The van der Waals surface area contributed by atoms with E-state index in [0.29, 0.717) is 23.4 Å². The molecule has 0 aliphatic heterocycles. The van der Waals surface area contributed by atoms with Gasteiger partial charge in [0.25, 0.3) is 5.91 Å². The van der Waals surface area contributed by atoms with Gasteiger partial charge < -0.3 is 5.32 Å². The summed E-state index contributed by atoms with van der Waals surface area (Å²) in [6, 6.07) is 16.6. The van der Waals surface area contributed by atoms with Gasteiger partial charge in [0, 0.05) is 16.2 Å². The van der Waals surface area contributed by atoms with E-state index >= 15 is 0 Å². The van der Waals surface area contributed by atoms with Crippen LogP contribution in [0.4, 0.5) is 5.69 Å². The Labute approximate surface area is 147 Å². The van der Waals surface area contributed by atoms with Gasteiger partial charge in [0.2, 0.25) is 0 Å². The van der Waals surface area contributed by atoms with Crippen LogP contribution in [0.2, 0.25) is 0 Å². The number of carbonyl (C=O) groups excluding carboxylic acids is 1. The Bertz CT molecular complexity index is 909. The van der Waals surface area contributed by atoms with Crippen molar-refractivity contribution < 1.29 is 4.79 Å². The van der Waals surface area contributed by atoms with Crippen LogP contribution in [-0.2, 0) is 6.54 Å². The Morgan fingerprint density at radius 1 is 1.25 bits per heavy atom. The number of nitrogens with zero attached hydrogens (tertiary/aromatic N) is 3. The van der Waals surface area contributed by atoms with Crippen LogP contribution in [0.3, 0.4) is 0 Å². The van der Waals surface area contributed by atoms with E-state index in [4.69, 9.17) is 5.26 Å². The Kier molecular flexibility index (Phi) is 4.73. The third-order valence-electron chi connectivity index (χ3n) is 3.40. The minimum atomic E-state index is -0.268. The SMILES string of the molecule is N#Cc1cccc(C(=O)Nc2cnn(Cc3ccc(Br)cc3)c2)c1. The summed E-state index contributed by atoms with van der Waals surface area (Å²) in [4.78, 5) is 12.2. The average Bonchev–Trinajstić information content (AvgIpc) is 3.04. The Morgan fingerprint density at radius 3 is 2.79 bits per heavy atom. The highest BCUT2D eigenvalue weighted by atomic mass is 79.9. The van der Waals surface area contributed by atoms with Crippen molar-refractivity contribution in [3.05, 3.63) is 82.1 Å². The Morgan fingerprint density at radius 2 is 2.04 bits per heavy atom. The molecule has 0 atom stereocenters. The summed E-state index contributed by atoms with van der Waals surface area (Å²) in [5, 5.41) is 15.9. The first-order valence-corrected chi connectivity index (χ1v) is 8.02. The van der Waals surface area contributed by atoms with Gasteiger partial charge in [0.15, 0.2) is 0 Å². The molecular weight excluding hydrogens is 368 g/mol. The molecule has 0 saturated carbocycles. The van der Waals surface area contributed by atoms with Crippen LogP contribution >= 0.6 is 15.9 Å². The van der Waals surface area contributed by atoms with E-state index in [1.165, 1.54) is 0 Å². The van der Waals surface area contributed by atoms with Crippen molar-refractivity contribution in [3.63, 3.8) is 0 Å². The lowest BCUT2D eigenvalue weighted by molar-refractivity contribution is 0.102. The van der Waals surface area contributed by atoms with Gasteiger partial charge in [-0.3, -0.25) is 9.48 Å². The van der Waals surface area contributed by atoms with Crippen molar-refractivity contribution in [1.29, 1.82) is 5.26 Å². The fraction of sp³-hybridized carbons (Fsp3) is 0.0556. The van der Waals surface area contributed by atoms with Gasteiger partial charge in [-0.05, 0) is 35.9 Å². The lowest BCUT2D eigenvalue weighted by Gasteiger charge is -2.03. The highest BCUT2D eigenvalue weighted by Crippen LogP contribution is 2.13. The van der Waals surface area contributed by atoms with Gasteiger partial charge in [-0.2, -0.15) is 10.4 Å². The van der Waals surface area contributed by atoms with E-state index < -0.39 is 0 Å². The highest BCUT2D eigenvalue weighted by Gasteiger charge is 2.08. The molecule has 1 heterocycles. The van der Waals surface area contributed by atoms with Gasteiger partial charge in [-0.25, -0.2) is 0 Å². The molecule has 0 bridgehead atoms. The molecule has 5 nitrogen and oxygen atoms in total. The molecule has 0 spiro atoms. The maximum atomic E-state index is 12.2. The summed E-state index contributed by atoms with van der Waals surface area (Å²) in [7, 11) is 0. The molecule has 0 aliphatic carbocycles. The number of aromatic nitrogens is 2. The number of rotatable bonds is 4. The Hall–Kier alpha value is -2.91. The smallest absolute Gasteiger partial charge is 0.255 e. The van der Waals surface area contributed by atoms with E-state index in [2.05, 4.69) is 26.3 Å². The summed E-state index contributed by atoms with van der Waals surface area (Å²) in [5.74, 6) is -0.268. The van der Waals surface area contributed by atoms with Gasteiger partial charge in [0.05, 0.1) is 30.1 Å². The largest absolute Gasteiger partial charge is 0.319 e. The quantitative estimate of drug-likeness (QED) is 0.747. The van der Waals surface area contributed by atoms with E-state index in [0.717, 1.165) is 10.0 Å². The zero-order valence-corrected chi connectivity index (χ0v) is 14.2. The summed E-state index contributed by atoms with van der Waals surface area (Å²) < 4.78 is 2.78. The number of amides is 1. The number of nitrogens with one attached hydrogen (secondary N) is 1. The number of carbonyl (C=O) groups is 1. The number of benzene rings is 2. The predicted octanol–water partition coefficient (Wildman–Crippen LogP) is 3.82. The van der Waals surface area contributed by atoms with Gasteiger partial charge in [-0.15, -0.1) is 0 Å². The normalized spacial score (nSPS) is 10.2. The molecule has 0 radical (unpaired) electrons. The molecule has 3 rings (SSSR count).